The van der Waals surface area contributed by atoms with Gasteiger partial charge in [-0.15, -0.1) is 0 Å². The fraction of sp³-hybridized carbons (Fsp3) is 0.417. The Balaban J connectivity index is 0.00000484. The molecule has 23 heavy (non-hydrogen) atoms. The van der Waals surface area contributed by atoms with Gasteiger partial charge in [0.25, 0.3) is 0 Å². The molecule has 0 aliphatic carbocycles. The molecule has 2 N–H and O–H groups in total. The van der Waals surface area contributed by atoms with Crippen LogP contribution in [0.4, 0.5) is 0 Å². The molecule has 0 bridgehead atoms. The summed E-state index contributed by atoms with van der Waals surface area (Å²) in [5, 5.41) is 9.51. The number of aliphatic imine (C=N–C) groups is 2. The van der Waals surface area contributed by atoms with Gasteiger partial charge in [0.15, 0.2) is 5.17 Å². The van der Waals surface area contributed by atoms with Crippen LogP contribution in [-0.2, 0) is 36.7 Å². The first-order valence-electron chi connectivity index (χ1n) is 6.29. The molecule has 0 unspecified atom stereocenters. The van der Waals surface area contributed by atoms with Gasteiger partial charge in [0.2, 0.25) is 0 Å². The summed E-state index contributed by atoms with van der Waals surface area (Å²) < 4.78 is 1.83. The van der Waals surface area contributed by atoms with E-state index >= 15 is 0 Å². The molecule has 0 saturated carbocycles. The van der Waals surface area contributed by atoms with Gasteiger partial charge in [0.1, 0.15) is 11.4 Å². The van der Waals surface area contributed by atoms with Gasteiger partial charge in [-0.1, -0.05) is 11.8 Å². The number of amidine groups is 2. The molecule has 130 valence electrons. The largest absolute Gasteiger partial charge is 1.00 e. The summed E-state index contributed by atoms with van der Waals surface area (Å²) in [4.78, 5) is 12.2. The average molecular weight is 403 g/mol. The Kier molecular flexibility index (Phi) is 10.5. The van der Waals surface area contributed by atoms with Crippen LogP contribution in [0.2, 0.25) is 0 Å². The van der Waals surface area contributed by atoms with E-state index in [1.807, 2.05) is 31.0 Å². The average Bonchev–Trinajstić information content (AvgIpc) is 2.94. The minimum Gasteiger partial charge on any atom is -0.741 e. The van der Waals surface area contributed by atoms with Crippen molar-refractivity contribution in [2.75, 3.05) is 20.4 Å². The zero-order chi connectivity index (χ0) is 16.5. The molecular formula is C12H19CuN8S2. The van der Waals surface area contributed by atoms with Gasteiger partial charge in [-0.25, -0.2) is 4.98 Å². The minimum absolute atomic E-state index is 0. The van der Waals surface area contributed by atoms with Crippen molar-refractivity contribution in [2.45, 2.75) is 6.92 Å². The van der Waals surface area contributed by atoms with Crippen molar-refractivity contribution in [1.29, 1.82) is 0 Å². The van der Waals surface area contributed by atoms with Gasteiger partial charge in [-0.3, -0.25) is 20.8 Å². The van der Waals surface area contributed by atoms with E-state index in [1.165, 1.54) is 11.8 Å². The van der Waals surface area contributed by atoms with Crippen molar-refractivity contribution >= 4 is 46.1 Å². The molecular weight excluding hydrogens is 384 g/mol. The van der Waals surface area contributed by atoms with Gasteiger partial charge in [-0.2, -0.15) is 10.2 Å². The van der Waals surface area contributed by atoms with Crippen molar-refractivity contribution in [3.63, 3.8) is 0 Å². The summed E-state index contributed by atoms with van der Waals surface area (Å²) in [5.74, 6) is 0. The van der Waals surface area contributed by atoms with Crippen LogP contribution in [0.3, 0.4) is 0 Å². The standard InChI is InChI=1S/C12H20N8S2.Cu/c1-8(16-19-12(14-3)22-5)10(17-18-11(21)13-2)9-6-20(4)7-15-9;/h6-7H,1-5H3,(H,14,19)(H2,13,18,21);/q;+1/p-1/b16-8+,17-10-;. The first-order chi connectivity index (χ1) is 10.5. The number of imidazole rings is 1. The summed E-state index contributed by atoms with van der Waals surface area (Å²) in [6.45, 7) is 1.82. The fourth-order valence-corrected chi connectivity index (χ4v) is 1.75. The molecule has 1 heterocycles. The summed E-state index contributed by atoms with van der Waals surface area (Å²) in [5.41, 5.74) is 7.46. The molecule has 0 radical (unpaired) electrons. The smallest absolute Gasteiger partial charge is 0.741 e. The number of nitrogens with one attached hydrogen (secondary N) is 2. The fourth-order valence-electron chi connectivity index (χ4n) is 1.38. The molecule has 0 atom stereocenters. The third kappa shape index (κ3) is 7.12. The Morgan fingerprint density at radius 2 is 1.96 bits per heavy atom. The van der Waals surface area contributed by atoms with Crippen LogP contribution >= 0.6 is 11.8 Å². The third-order valence-electron chi connectivity index (χ3n) is 2.47. The van der Waals surface area contributed by atoms with Crippen LogP contribution in [0.15, 0.2) is 32.7 Å². The Morgan fingerprint density at radius 1 is 1.26 bits per heavy atom. The van der Waals surface area contributed by atoms with Gasteiger partial charge in [-0.05, 0) is 18.3 Å². The van der Waals surface area contributed by atoms with E-state index in [2.05, 4.69) is 36.0 Å². The molecule has 0 amide bonds. The Morgan fingerprint density at radius 3 is 2.43 bits per heavy atom. The first-order valence-corrected chi connectivity index (χ1v) is 7.92. The number of hydrazone groups is 2. The maximum absolute atomic E-state index is 4.97. The van der Waals surface area contributed by atoms with Gasteiger partial charge in [0, 0.05) is 27.3 Å². The molecule has 0 aromatic carbocycles. The molecule has 1 rings (SSSR count). The predicted molar refractivity (Wildman–Crippen MR) is 96.7 cm³/mol. The summed E-state index contributed by atoms with van der Waals surface area (Å²) in [6, 6.07) is 0. The van der Waals surface area contributed by atoms with E-state index in [0.717, 1.165) is 0 Å². The summed E-state index contributed by atoms with van der Waals surface area (Å²) in [6.07, 6.45) is 5.45. The summed E-state index contributed by atoms with van der Waals surface area (Å²) in [7, 11) is 5.17. The molecule has 11 heteroatoms. The van der Waals surface area contributed by atoms with Crippen molar-refractivity contribution in [2.24, 2.45) is 27.2 Å². The Bertz CT molecular complexity index is 620. The van der Waals surface area contributed by atoms with E-state index in [0.29, 0.717) is 22.3 Å². The Hall–Kier alpha value is -1.42. The van der Waals surface area contributed by atoms with Crippen LogP contribution in [-0.4, -0.2) is 51.7 Å². The van der Waals surface area contributed by atoms with E-state index < -0.39 is 0 Å². The number of hydrogen-bond acceptors (Lipinski definition) is 7. The molecule has 0 fully saturated rings. The van der Waals surface area contributed by atoms with Crippen LogP contribution in [0, 0.1) is 0 Å². The molecule has 1 aromatic rings. The Labute approximate surface area is 156 Å². The van der Waals surface area contributed by atoms with Crippen LogP contribution in [0.5, 0.6) is 0 Å². The molecule has 0 aliphatic heterocycles. The van der Waals surface area contributed by atoms with Crippen LogP contribution < -0.4 is 10.9 Å². The summed E-state index contributed by atoms with van der Waals surface area (Å²) >= 11 is 6.44. The van der Waals surface area contributed by atoms with E-state index in [1.54, 1.807) is 20.4 Å². The first kappa shape index (κ1) is 21.6. The number of aromatic nitrogens is 2. The van der Waals surface area contributed by atoms with Gasteiger partial charge < -0.3 is 17.2 Å². The maximum Gasteiger partial charge on any atom is 1.00 e. The molecule has 8 nitrogen and oxygen atoms in total. The number of thioether (sulfide) groups is 1. The van der Waals surface area contributed by atoms with E-state index in [9.17, 15) is 0 Å². The van der Waals surface area contributed by atoms with E-state index in [4.69, 9.17) is 12.6 Å². The third-order valence-corrected chi connectivity index (χ3v) is 3.41. The van der Waals surface area contributed by atoms with Crippen molar-refractivity contribution < 1.29 is 17.1 Å². The van der Waals surface area contributed by atoms with Crippen LogP contribution in [0.1, 0.15) is 12.6 Å². The van der Waals surface area contributed by atoms with Gasteiger partial charge in [0.05, 0.1) is 12.0 Å². The molecule has 0 saturated heterocycles. The van der Waals surface area contributed by atoms with Gasteiger partial charge >= 0.3 is 17.1 Å². The number of nitrogens with zero attached hydrogens (tertiary/aromatic N) is 6. The monoisotopic (exact) mass is 402 g/mol. The quantitative estimate of drug-likeness (QED) is 0.252. The second kappa shape index (κ2) is 11.2. The van der Waals surface area contributed by atoms with Crippen molar-refractivity contribution in [1.82, 2.24) is 20.4 Å². The molecule has 0 spiro atoms. The molecule has 0 aliphatic rings. The zero-order valence-corrected chi connectivity index (χ0v) is 16.0. The van der Waals surface area contributed by atoms with Crippen LogP contribution in [0.25, 0.3) is 0 Å². The number of rotatable bonds is 4. The van der Waals surface area contributed by atoms with Crippen molar-refractivity contribution in [3.8, 4) is 0 Å². The second-order valence-corrected chi connectivity index (χ2v) is 5.25. The second-order valence-electron chi connectivity index (χ2n) is 4.07. The van der Waals surface area contributed by atoms with E-state index in [-0.39, 0.29) is 22.2 Å². The predicted octanol–water partition coefficient (Wildman–Crippen LogP) is 0.558. The normalized spacial score (nSPS) is 13.6. The SMILES string of the molecule is CN=C([S-])N/N=C(/C(C)=N/NC(=NC)SC)c1cn(C)cn1.[Cu+]. The zero-order valence-electron chi connectivity index (χ0n) is 13.5. The minimum atomic E-state index is 0. The maximum atomic E-state index is 4.97. The topological polar surface area (TPSA) is 91.3 Å². The van der Waals surface area contributed by atoms with Crippen molar-refractivity contribution in [3.05, 3.63) is 18.2 Å². The number of aryl methyl sites for hydroxylation is 1. The molecule has 1 aromatic heterocycles. The number of hydrogen-bond donors (Lipinski definition) is 2.